The number of piperidine rings is 1. The third kappa shape index (κ3) is 3.37. The minimum Gasteiger partial charge on any atom is -0.395 e. The van der Waals surface area contributed by atoms with Crippen LogP contribution in [0.1, 0.15) is 18.4 Å². The molecule has 3 aromatic rings. The second-order valence-electron chi connectivity index (χ2n) is 7.27. The van der Waals surface area contributed by atoms with Crippen molar-refractivity contribution in [1.29, 1.82) is 0 Å². The molecule has 2 aromatic heterocycles. The molecule has 1 aliphatic heterocycles. The molecule has 0 unspecified atom stereocenters. The highest BCUT2D eigenvalue weighted by atomic mass is 16.3. The van der Waals surface area contributed by atoms with Gasteiger partial charge in [0.15, 0.2) is 0 Å². The maximum Gasteiger partial charge on any atom is 0.140 e. The van der Waals surface area contributed by atoms with Gasteiger partial charge < -0.3 is 14.6 Å². The minimum atomic E-state index is 0.241. The first-order valence-corrected chi connectivity index (χ1v) is 9.45. The number of aliphatic hydroxyl groups is 1. The maximum atomic E-state index is 9.21. The molecule has 1 N–H and O–H groups in total. The van der Waals surface area contributed by atoms with Crippen molar-refractivity contribution in [3.05, 3.63) is 48.4 Å². The van der Waals surface area contributed by atoms with Crippen molar-refractivity contribution in [2.24, 2.45) is 5.92 Å². The van der Waals surface area contributed by atoms with E-state index in [1.165, 1.54) is 18.4 Å². The molecule has 0 saturated carbocycles. The molecule has 1 aliphatic rings. The summed E-state index contributed by atoms with van der Waals surface area (Å²) < 4.78 is 2.28. The number of likely N-dealkylation sites (tertiary alicyclic amines) is 1. The standard InChI is InChI=1S/C21H26N4O/c1-16-6-7-19(18-5-2-8-22-20(16)18)21-23-9-11-25(21)15-17-4-3-10-24(14-17)12-13-26/h2,5-9,11,17,26H,3-4,10,12-15H2,1H3/t17-/m0/s1. The molecular formula is C21H26N4O. The molecule has 1 fully saturated rings. The fraction of sp³-hybridized carbons (Fsp3) is 0.429. The molecule has 3 heterocycles. The Morgan fingerprint density at radius 2 is 2.12 bits per heavy atom. The topological polar surface area (TPSA) is 54.2 Å². The average Bonchev–Trinajstić information content (AvgIpc) is 3.11. The number of β-amino-alcohol motifs (C(OH)–C–C–N with tert-alkyl or cyclic N) is 1. The summed E-state index contributed by atoms with van der Waals surface area (Å²) in [4.78, 5) is 11.6. The van der Waals surface area contributed by atoms with Crippen LogP contribution in [0.3, 0.4) is 0 Å². The van der Waals surface area contributed by atoms with Crippen LogP contribution >= 0.6 is 0 Å². The third-order valence-electron chi connectivity index (χ3n) is 5.40. The third-order valence-corrected chi connectivity index (χ3v) is 5.40. The van der Waals surface area contributed by atoms with Crippen LogP contribution in [0.15, 0.2) is 42.9 Å². The normalized spacial score (nSPS) is 18.5. The first-order valence-electron chi connectivity index (χ1n) is 9.45. The fourth-order valence-corrected chi connectivity index (χ4v) is 4.13. The van der Waals surface area contributed by atoms with Crippen LogP contribution in [0.5, 0.6) is 0 Å². The van der Waals surface area contributed by atoms with E-state index in [1.807, 2.05) is 18.5 Å². The first kappa shape index (κ1) is 17.2. The quantitative estimate of drug-likeness (QED) is 0.768. The van der Waals surface area contributed by atoms with Crippen molar-refractivity contribution in [1.82, 2.24) is 19.4 Å². The smallest absolute Gasteiger partial charge is 0.140 e. The number of pyridine rings is 1. The second-order valence-corrected chi connectivity index (χ2v) is 7.27. The molecule has 26 heavy (non-hydrogen) atoms. The lowest BCUT2D eigenvalue weighted by Crippen LogP contribution is -2.38. The van der Waals surface area contributed by atoms with Crippen LogP contribution < -0.4 is 0 Å². The van der Waals surface area contributed by atoms with Crippen molar-refractivity contribution >= 4 is 10.9 Å². The number of rotatable bonds is 5. The number of hydrogen-bond acceptors (Lipinski definition) is 4. The van der Waals surface area contributed by atoms with Gasteiger partial charge in [-0.2, -0.15) is 0 Å². The van der Waals surface area contributed by atoms with Crippen molar-refractivity contribution in [3.8, 4) is 11.4 Å². The molecule has 0 bridgehead atoms. The predicted molar refractivity (Wildman–Crippen MR) is 104 cm³/mol. The van der Waals surface area contributed by atoms with Gasteiger partial charge in [0.2, 0.25) is 0 Å². The predicted octanol–water partition coefficient (Wildman–Crippen LogP) is 3.11. The van der Waals surface area contributed by atoms with Crippen LogP contribution in [-0.2, 0) is 6.54 Å². The van der Waals surface area contributed by atoms with Gasteiger partial charge in [0.25, 0.3) is 0 Å². The number of aliphatic hydroxyl groups excluding tert-OH is 1. The summed E-state index contributed by atoms with van der Waals surface area (Å²) in [5, 5.41) is 10.4. The molecule has 1 aromatic carbocycles. The highest BCUT2D eigenvalue weighted by molar-refractivity contribution is 5.94. The monoisotopic (exact) mass is 350 g/mol. The van der Waals surface area contributed by atoms with Crippen LogP contribution in [0, 0.1) is 12.8 Å². The highest BCUT2D eigenvalue weighted by Gasteiger charge is 2.21. The summed E-state index contributed by atoms with van der Waals surface area (Å²) in [6, 6.07) is 8.42. The number of aromatic nitrogens is 3. The maximum absolute atomic E-state index is 9.21. The van der Waals surface area contributed by atoms with Gasteiger partial charge in [0.1, 0.15) is 5.82 Å². The van der Waals surface area contributed by atoms with Crippen LogP contribution in [0.2, 0.25) is 0 Å². The summed E-state index contributed by atoms with van der Waals surface area (Å²) in [5.41, 5.74) is 3.38. The van der Waals surface area contributed by atoms with Gasteiger partial charge in [0.05, 0.1) is 12.1 Å². The van der Waals surface area contributed by atoms with E-state index in [9.17, 15) is 5.11 Å². The van der Waals surface area contributed by atoms with Crippen LogP contribution in [0.25, 0.3) is 22.3 Å². The number of benzene rings is 1. The fourth-order valence-electron chi connectivity index (χ4n) is 4.13. The minimum absolute atomic E-state index is 0.241. The van der Waals surface area contributed by atoms with E-state index in [-0.39, 0.29) is 6.61 Å². The van der Waals surface area contributed by atoms with Crippen LogP contribution in [-0.4, -0.2) is 50.8 Å². The second kappa shape index (κ2) is 7.56. The molecule has 0 aliphatic carbocycles. The molecule has 0 amide bonds. The molecule has 4 rings (SSSR count). The Labute approximate surface area is 154 Å². The Morgan fingerprint density at radius 3 is 3.00 bits per heavy atom. The molecule has 5 nitrogen and oxygen atoms in total. The Bertz CT molecular complexity index is 887. The Kier molecular flexibility index (Phi) is 5.00. The number of fused-ring (bicyclic) bond motifs is 1. The van der Waals surface area contributed by atoms with E-state index >= 15 is 0 Å². The zero-order valence-corrected chi connectivity index (χ0v) is 15.3. The molecule has 1 saturated heterocycles. The molecular weight excluding hydrogens is 324 g/mol. The van der Waals surface area contributed by atoms with Crippen LogP contribution in [0.4, 0.5) is 0 Å². The average molecular weight is 350 g/mol. The first-order chi connectivity index (χ1) is 12.8. The van der Waals surface area contributed by atoms with E-state index in [0.717, 1.165) is 48.5 Å². The Balaban J connectivity index is 1.63. The largest absolute Gasteiger partial charge is 0.395 e. The van der Waals surface area contributed by atoms with Gasteiger partial charge in [-0.05, 0) is 43.9 Å². The van der Waals surface area contributed by atoms with E-state index in [4.69, 9.17) is 0 Å². The zero-order valence-electron chi connectivity index (χ0n) is 15.3. The van der Waals surface area contributed by atoms with Gasteiger partial charge in [-0.15, -0.1) is 0 Å². The van der Waals surface area contributed by atoms with Gasteiger partial charge in [-0.25, -0.2) is 4.98 Å². The van der Waals surface area contributed by atoms with E-state index < -0.39 is 0 Å². The van der Waals surface area contributed by atoms with E-state index in [2.05, 4.69) is 50.8 Å². The van der Waals surface area contributed by atoms with Gasteiger partial charge in [-0.3, -0.25) is 4.98 Å². The lowest BCUT2D eigenvalue weighted by Gasteiger charge is -2.32. The van der Waals surface area contributed by atoms with Crippen molar-refractivity contribution in [2.45, 2.75) is 26.3 Å². The lowest BCUT2D eigenvalue weighted by atomic mass is 9.97. The van der Waals surface area contributed by atoms with Gasteiger partial charge >= 0.3 is 0 Å². The number of nitrogens with zero attached hydrogens (tertiary/aromatic N) is 4. The summed E-state index contributed by atoms with van der Waals surface area (Å²) in [5.74, 6) is 1.61. The molecule has 0 radical (unpaired) electrons. The number of hydrogen-bond donors (Lipinski definition) is 1. The summed E-state index contributed by atoms with van der Waals surface area (Å²) >= 11 is 0. The zero-order chi connectivity index (χ0) is 17.9. The Morgan fingerprint density at radius 1 is 1.19 bits per heavy atom. The van der Waals surface area contributed by atoms with Crippen molar-refractivity contribution < 1.29 is 5.11 Å². The van der Waals surface area contributed by atoms with Gasteiger partial charge in [0, 0.05) is 49.2 Å². The van der Waals surface area contributed by atoms with E-state index in [0.29, 0.717) is 5.92 Å². The number of aryl methyl sites for hydroxylation is 1. The SMILES string of the molecule is Cc1ccc(-c2nccn2C[C@H]2CCCN(CCO)C2)c2cccnc12. The van der Waals surface area contributed by atoms with Crippen molar-refractivity contribution in [2.75, 3.05) is 26.2 Å². The highest BCUT2D eigenvalue weighted by Crippen LogP contribution is 2.29. The summed E-state index contributed by atoms with van der Waals surface area (Å²) in [6.07, 6.45) is 8.26. The van der Waals surface area contributed by atoms with E-state index in [1.54, 1.807) is 0 Å². The molecule has 0 spiro atoms. The summed E-state index contributed by atoms with van der Waals surface area (Å²) in [6.45, 7) is 6.24. The molecule has 5 heteroatoms. The number of imidazole rings is 1. The Hall–Kier alpha value is -2.24. The van der Waals surface area contributed by atoms with Crippen molar-refractivity contribution in [3.63, 3.8) is 0 Å². The summed E-state index contributed by atoms with van der Waals surface area (Å²) in [7, 11) is 0. The van der Waals surface area contributed by atoms with Gasteiger partial charge in [-0.1, -0.05) is 18.2 Å². The molecule has 136 valence electrons. The molecule has 1 atom stereocenters. The lowest BCUT2D eigenvalue weighted by molar-refractivity contribution is 0.132.